The Morgan fingerprint density at radius 2 is 2.26 bits per heavy atom. The van der Waals surface area contributed by atoms with Crippen LogP contribution in [0, 0.1) is 0 Å². The topological polar surface area (TPSA) is 73.6 Å². The molecule has 3 rings (SSSR count). The molecule has 3 N–H and O–H groups in total. The Balaban J connectivity index is 1.80. The van der Waals surface area contributed by atoms with E-state index in [-0.39, 0.29) is 24.7 Å². The summed E-state index contributed by atoms with van der Waals surface area (Å²) >= 11 is 0. The first kappa shape index (κ1) is 12.4. The van der Waals surface area contributed by atoms with Crippen molar-refractivity contribution in [2.24, 2.45) is 5.73 Å². The number of benzene rings is 1. The molecule has 0 bridgehead atoms. The molecule has 2 heterocycles. The highest BCUT2D eigenvalue weighted by molar-refractivity contribution is 5.95. The monoisotopic (exact) mass is 262 g/mol. The van der Waals surface area contributed by atoms with Crippen molar-refractivity contribution in [3.05, 3.63) is 23.8 Å². The van der Waals surface area contributed by atoms with Crippen molar-refractivity contribution in [2.75, 3.05) is 18.5 Å². The van der Waals surface area contributed by atoms with Crippen molar-refractivity contribution in [3.8, 4) is 5.75 Å². The van der Waals surface area contributed by atoms with Crippen LogP contribution in [0.15, 0.2) is 18.2 Å². The maximum Gasteiger partial charge on any atom is 0.262 e. The first-order chi connectivity index (χ1) is 9.24. The summed E-state index contributed by atoms with van der Waals surface area (Å²) in [5.74, 6) is 0.562. The van der Waals surface area contributed by atoms with Crippen molar-refractivity contribution in [3.63, 3.8) is 0 Å². The van der Waals surface area contributed by atoms with E-state index in [0.29, 0.717) is 11.4 Å². The fourth-order valence-electron chi connectivity index (χ4n) is 2.57. The molecule has 1 amide bonds. The third-order valence-electron chi connectivity index (χ3n) is 3.64. The largest absolute Gasteiger partial charge is 0.482 e. The minimum absolute atomic E-state index is 0.0620. The summed E-state index contributed by atoms with van der Waals surface area (Å²) in [5, 5.41) is 2.80. The molecule has 1 fully saturated rings. The summed E-state index contributed by atoms with van der Waals surface area (Å²) in [4.78, 5) is 11.3. The molecular formula is C14H18N2O3. The van der Waals surface area contributed by atoms with Gasteiger partial charge in [-0.1, -0.05) is 6.07 Å². The Hall–Kier alpha value is -1.59. The molecule has 0 aliphatic carbocycles. The average molecular weight is 262 g/mol. The van der Waals surface area contributed by atoms with E-state index < -0.39 is 0 Å². The molecule has 2 aliphatic heterocycles. The molecule has 0 spiro atoms. The van der Waals surface area contributed by atoms with Crippen molar-refractivity contribution in [1.29, 1.82) is 0 Å². The van der Waals surface area contributed by atoms with Gasteiger partial charge in [0.25, 0.3) is 5.91 Å². The third-order valence-corrected chi connectivity index (χ3v) is 3.64. The number of fused-ring (bicyclic) bond motifs is 1. The van der Waals surface area contributed by atoms with Gasteiger partial charge in [-0.05, 0) is 37.0 Å². The van der Waals surface area contributed by atoms with Gasteiger partial charge in [0.15, 0.2) is 6.61 Å². The second-order valence-corrected chi connectivity index (χ2v) is 5.02. The number of nitrogens with one attached hydrogen (secondary N) is 1. The van der Waals surface area contributed by atoms with Gasteiger partial charge in [-0.2, -0.15) is 0 Å². The van der Waals surface area contributed by atoms with Gasteiger partial charge in [0.2, 0.25) is 0 Å². The van der Waals surface area contributed by atoms with Crippen LogP contribution in [0.2, 0.25) is 0 Å². The predicted octanol–water partition coefficient (Wildman–Crippen LogP) is 1.59. The molecule has 1 saturated heterocycles. The number of carbonyl (C=O) groups excluding carboxylic acids is 1. The maximum atomic E-state index is 11.3. The number of ether oxygens (including phenoxy) is 2. The summed E-state index contributed by atoms with van der Waals surface area (Å²) in [6, 6.07) is 5.52. The Kier molecular flexibility index (Phi) is 3.40. The summed E-state index contributed by atoms with van der Waals surface area (Å²) < 4.78 is 11.0. The molecule has 5 heteroatoms. The number of carbonyl (C=O) groups is 1. The second kappa shape index (κ2) is 5.19. The second-order valence-electron chi connectivity index (χ2n) is 5.02. The number of rotatable bonds is 2. The number of hydrogen-bond donors (Lipinski definition) is 2. The predicted molar refractivity (Wildman–Crippen MR) is 71.1 cm³/mol. The van der Waals surface area contributed by atoms with Gasteiger partial charge in [-0.3, -0.25) is 4.79 Å². The van der Waals surface area contributed by atoms with Crippen LogP contribution in [0.1, 0.15) is 30.9 Å². The molecule has 19 heavy (non-hydrogen) atoms. The first-order valence-electron chi connectivity index (χ1n) is 6.68. The van der Waals surface area contributed by atoms with Crippen LogP contribution in [0.4, 0.5) is 5.69 Å². The van der Waals surface area contributed by atoms with Crippen molar-refractivity contribution >= 4 is 11.6 Å². The third kappa shape index (κ3) is 2.57. The zero-order valence-electron chi connectivity index (χ0n) is 10.7. The number of anilines is 1. The van der Waals surface area contributed by atoms with E-state index in [1.54, 1.807) is 0 Å². The van der Waals surface area contributed by atoms with Crippen LogP contribution in [-0.2, 0) is 9.53 Å². The summed E-state index contributed by atoms with van der Waals surface area (Å²) in [7, 11) is 0. The van der Waals surface area contributed by atoms with E-state index >= 15 is 0 Å². The van der Waals surface area contributed by atoms with Gasteiger partial charge in [0.05, 0.1) is 17.8 Å². The van der Waals surface area contributed by atoms with E-state index in [9.17, 15) is 4.79 Å². The molecular weight excluding hydrogens is 244 g/mol. The molecule has 5 nitrogen and oxygen atoms in total. The quantitative estimate of drug-likeness (QED) is 0.848. The zero-order valence-corrected chi connectivity index (χ0v) is 10.7. The lowest BCUT2D eigenvalue weighted by atomic mass is 9.96. The fourth-order valence-corrected chi connectivity index (χ4v) is 2.57. The lowest BCUT2D eigenvalue weighted by molar-refractivity contribution is -0.118. The van der Waals surface area contributed by atoms with Crippen molar-refractivity contribution < 1.29 is 14.3 Å². The van der Waals surface area contributed by atoms with Crippen molar-refractivity contribution in [2.45, 2.75) is 31.4 Å². The van der Waals surface area contributed by atoms with Crippen molar-refractivity contribution in [1.82, 2.24) is 0 Å². The summed E-state index contributed by atoms with van der Waals surface area (Å²) in [5.41, 5.74) is 7.92. The van der Waals surface area contributed by atoms with Gasteiger partial charge in [0.1, 0.15) is 5.75 Å². The minimum atomic E-state index is -0.163. The molecule has 0 saturated carbocycles. The van der Waals surface area contributed by atoms with E-state index in [0.717, 1.165) is 31.4 Å². The van der Waals surface area contributed by atoms with Crippen LogP contribution in [0.3, 0.4) is 0 Å². The van der Waals surface area contributed by atoms with Gasteiger partial charge in [0, 0.05) is 6.61 Å². The zero-order chi connectivity index (χ0) is 13.2. The number of amides is 1. The van der Waals surface area contributed by atoms with E-state index in [1.807, 2.05) is 18.2 Å². The maximum absolute atomic E-state index is 11.3. The lowest BCUT2D eigenvalue weighted by Gasteiger charge is -2.29. The van der Waals surface area contributed by atoms with Crippen LogP contribution >= 0.6 is 0 Å². The molecule has 2 aliphatic rings. The SMILES string of the molecule is NC(c1ccc2c(c1)NC(=O)CO2)C1CCCCO1. The number of nitrogens with two attached hydrogens (primary N) is 1. The summed E-state index contributed by atoms with van der Waals surface area (Å²) in [6.45, 7) is 0.854. The molecule has 0 radical (unpaired) electrons. The Bertz CT molecular complexity index is 484. The molecule has 1 aromatic carbocycles. The van der Waals surface area contributed by atoms with Gasteiger partial charge >= 0.3 is 0 Å². The Labute approximate surface area is 112 Å². The van der Waals surface area contributed by atoms with E-state index in [2.05, 4.69) is 5.32 Å². The Morgan fingerprint density at radius 1 is 1.37 bits per heavy atom. The lowest BCUT2D eigenvalue weighted by Crippen LogP contribution is -2.32. The molecule has 1 aromatic rings. The standard InChI is InChI=1S/C14H18N2O3/c15-14(12-3-1-2-6-18-12)9-4-5-11-10(7-9)16-13(17)8-19-11/h4-5,7,12,14H,1-3,6,8,15H2,(H,16,17). The van der Waals surface area contributed by atoms with Gasteiger partial charge in [-0.25, -0.2) is 0 Å². The Morgan fingerprint density at radius 3 is 3.05 bits per heavy atom. The molecule has 2 unspecified atom stereocenters. The highest BCUT2D eigenvalue weighted by Crippen LogP contribution is 2.32. The van der Waals surface area contributed by atoms with Gasteiger partial charge in [-0.15, -0.1) is 0 Å². The number of hydrogen-bond acceptors (Lipinski definition) is 4. The molecule has 2 atom stereocenters. The van der Waals surface area contributed by atoms with Crippen LogP contribution < -0.4 is 15.8 Å². The smallest absolute Gasteiger partial charge is 0.262 e. The molecule has 0 aromatic heterocycles. The van der Waals surface area contributed by atoms with Crippen LogP contribution in [-0.4, -0.2) is 25.2 Å². The highest BCUT2D eigenvalue weighted by Gasteiger charge is 2.24. The normalized spacial score (nSPS) is 24.1. The van der Waals surface area contributed by atoms with Gasteiger partial charge < -0.3 is 20.5 Å². The molecule has 102 valence electrons. The summed E-state index contributed by atoms with van der Waals surface area (Å²) in [6.07, 6.45) is 3.31. The van der Waals surface area contributed by atoms with Crippen LogP contribution in [0.5, 0.6) is 5.75 Å². The fraction of sp³-hybridized carbons (Fsp3) is 0.500. The van der Waals surface area contributed by atoms with E-state index in [1.165, 1.54) is 0 Å². The van der Waals surface area contributed by atoms with Crippen LogP contribution in [0.25, 0.3) is 0 Å². The average Bonchev–Trinajstić information content (AvgIpc) is 2.46. The highest BCUT2D eigenvalue weighted by atomic mass is 16.5. The van der Waals surface area contributed by atoms with E-state index in [4.69, 9.17) is 15.2 Å². The first-order valence-corrected chi connectivity index (χ1v) is 6.68. The minimum Gasteiger partial charge on any atom is -0.482 e.